The van der Waals surface area contributed by atoms with Crippen LogP contribution in [0, 0.1) is 0 Å². The summed E-state index contributed by atoms with van der Waals surface area (Å²) in [7, 11) is 0. The van der Waals surface area contributed by atoms with Crippen LogP contribution in [-0.2, 0) is 0 Å². The summed E-state index contributed by atoms with van der Waals surface area (Å²) >= 11 is 1.56. The van der Waals surface area contributed by atoms with Crippen molar-refractivity contribution in [1.82, 2.24) is 4.37 Å². The molecule has 1 aromatic rings. The van der Waals surface area contributed by atoms with Gasteiger partial charge in [0.15, 0.2) is 0 Å². The summed E-state index contributed by atoms with van der Waals surface area (Å²) in [5.41, 5.74) is 0.994. The van der Waals surface area contributed by atoms with Crippen LogP contribution in [0.15, 0.2) is 12.6 Å². The van der Waals surface area contributed by atoms with Crippen LogP contribution in [0.4, 0.5) is 0 Å². The molecule has 10 heavy (non-hydrogen) atoms. The van der Waals surface area contributed by atoms with Crippen molar-refractivity contribution < 1.29 is 0 Å². The predicted molar refractivity (Wildman–Crippen MR) is 46.3 cm³/mol. The highest BCUT2D eigenvalue weighted by molar-refractivity contribution is 7.05. The molecular formula is C8H11NS. The first-order chi connectivity index (χ1) is 4.74. The molecule has 1 heterocycles. The van der Waals surface area contributed by atoms with Crippen LogP contribution in [0.25, 0.3) is 6.08 Å². The normalized spacial score (nSPS) is 10.3. The van der Waals surface area contributed by atoms with Crippen LogP contribution in [0.1, 0.15) is 30.3 Å². The summed E-state index contributed by atoms with van der Waals surface area (Å²) in [5, 5.41) is 0. The lowest BCUT2D eigenvalue weighted by Crippen LogP contribution is -1.77. The van der Waals surface area contributed by atoms with Crippen molar-refractivity contribution in [2.75, 3.05) is 0 Å². The molecular weight excluding hydrogens is 142 g/mol. The average Bonchev–Trinajstić information content (AvgIpc) is 2.34. The molecule has 0 aliphatic heterocycles. The Balaban J connectivity index is 2.88. The van der Waals surface area contributed by atoms with Crippen molar-refractivity contribution in [2.45, 2.75) is 19.8 Å². The number of hydrogen-bond donors (Lipinski definition) is 0. The van der Waals surface area contributed by atoms with E-state index in [4.69, 9.17) is 0 Å². The van der Waals surface area contributed by atoms with Crippen molar-refractivity contribution in [3.05, 3.63) is 23.2 Å². The highest BCUT2D eigenvalue weighted by atomic mass is 32.1. The Hall–Kier alpha value is -0.630. The molecule has 1 aromatic heterocycles. The highest BCUT2D eigenvalue weighted by Crippen LogP contribution is 2.20. The second kappa shape index (κ2) is 2.97. The molecule has 0 N–H and O–H groups in total. The first-order valence-corrected chi connectivity index (χ1v) is 4.10. The number of rotatable bonds is 2. The second-order valence-electron chi connectivity index (χ2n) is 2.51. The van der Waals surface area contributed by atoms with E-state index in [9.17, 15) is 0 Å². The predicted octanol–water partition coefficient (Wildman–Crippen LogP) is 2.91. The Labute approximate surface area is 65.6 Å². The molecule has 0 saturated heterocycles. The molecule has 0 aromatic carbocycles. The van der Waals surface area contributed by atoms with Gasteiger partial charge in [0, 0.05) is 4.88 Å². The van der Waals surface area contributed by atoms with Crippen molar-refractivity contribution in [1.29, 1.82) is 0 Å². The van der Waals surface area contributed by atoms with Crippen LogP contribution in [0.5, 0.6) is 0 Å². The van der Waals surface area contributed by atoms with Gasteiger partial charge in [0.1, 0.15) is 0 Å². The molecule has 0 radical (unpaired) electrons. The summed E-state index contributed by atoms with van der Waals surface area (Å²) in [6, 6.07) is 2.09. The van der Waals surface area contributed by atoms with Crippen LogP contribution in [0.3, 0.4) is 0 Å². The second-order valence-corrected chi connectivity index (χ2v) is 3.35. The molecule has 0 atom stereocenters. The molecule has 0 bridgehead atoms. The van der Waals surface area contributed by atoms with Crippen molar-refractivity contribution in [3.63, 3.8) is 0 Å². The molecule has 1 rings (SSSR count). The summed E-state index contributed by atoms with van der Waals surface area (Å²) < 4.78 is 4.18. The summed E-state index contributed by atoms with van der Waals surface area (Å²) in [6.07, 6.45) is 1.78. The van der Waals surface area contributed by atoms with E-state index in [2.05, 4.69) is 30.9 Å². The minimum absolute atomic E-state index is 0.589. The Morgan fingerprint density at radius 3 is 2.70 bits per heavy atom. The molecule has 0 unspecified atom stereocenters. The van der Waals surface area contributed by atoms with Crippen molar-refractivity contribution >= 4 is 17.6 Å². The van der Waals surface area contributed by atoms with Crippen molar-refractivity contribution in [2.24, 2.45) is 0 Å². The van der Waals surface area contributed by atoms with Crippen LogP contribution in [0.2, 0.25) is 0 Å². The number of nitrogens with zero attached hydrogens (tertiary/aromatic N) is 1. The van der Waals surface area contributed by atoms with Gasteiger partial charge in [0.05, 0.1) is 5.69 Å². The summed E-state index contributed by atoms with van der Waals surface area (Å²) in [4.78, 5) is 1.33. The zero-order valence-electron chi connectivity index (χ0n) is 6.29. The first kappa shape index (κ1) is 7.48. The zero-order valence-corrected chi connectivity index (χ0v) is 7.11. The third-order valence-electron chi connectivity index (χ3n) is 1.32. The van der Waals surface area contributed by atoms with Gasteiger partial charge in [-0.2, -0.15) is 4.37 Å². The Bertz CT molecular complexity index is 225. The van der Waals surface area contributed by atoms with Gasteiger partial charge in [-0.1, -0.05) is 20.4 Å². The van der Waals surface area contributed by atoms with E-state index < -0.39 is 0 Å². The quantitative estimate of drug-likeness (QED) is 0.636. The molecule has 0 aliphatic carbocycles. The molecule has 0 amide bonds. The molecule has 1 nitrogen and oxygen atoms in total. The maximum atomic E-state index is 4.18. The van der Waals surface area contributed by atoms with Gasteiger partial charge < -0.3 is 0 Å². The average molecular weight is 153 g/mol. The van der Waals surface area contributed by atoms with Crippen LogP contribution < -0.4 is 0 Å². The first-order valence-electron chi connectivity index (χ1n) is 3.33. The largest absolute Gasteiger partial charge is 0.193 e. The molecule has 0 fully saturated rings. The van der Waals surface area contributed by atoms with Gasteiger partial charge in [-0.25, -0.2) is 0 Å². The smallest absolute Gasteiger partial charge is 0.0765 e. The fourth-order valence-corrected chi connectivity index (χ4v) is 1.39. The maximum absolute atomic E-state index is 4.18. The Kier molecular flexibility index (Phi) is 2.22. The van der Waals surface area contributed by atoms with Gasteiger partial charge >= 0.3 is 0 Å². The lowest BCUT2D eigenvalue weighted by atomic mass is 10.2. The number of aromatic nitrogens is 1. The molecule has 0 saturated carbocycles. The fraction of sp³-hybridized carbons (Fsp3) is 0.375. The Morgan fingerprint density at radius 1 is 1.70 bits per heavy atom. The lowest BCUT2D eigenvalue weighted by molar-refractivity contribution is 0.889. The van der Waals surface area contributed by atoms with E-state index in [0.29, 0.717) is 5.92 Å². The summed E-state index contributed by atoms with van der Waals surface area (Å²) in [6.45, 7) is 7.98. The summed E-state index contributed by atoms with van der Waals surface area (Å²) in [5.74, 6) is 0.589. The zero-order chi connectivity index (χ0) is 7.56. The molecule has 0 aliphatic rings. The highest BCUT2D eigenvalue weighted by Gasteiger charge is 2.01. The van der Waals surface area contributed by atoms with Gasteiger partial charge in [-0.15, -0.1) is 0 Å². The van der Waals surface area contributed by atoms with E-state index in [1.807, 2.05) is 0 Å². The van der Waals surface area contributed by atoms with Gasteiger partial charge in [-0.05, 0) is 29.6 Å². The monoisotopic (exact) mass is 153 g/mol. The Morgan fingerprint density at radius 2 is 2.40 bits per heavy atom. The van der Waals surface area contributed by atoms with Crippen LogP contribution in [-0.4, -0.2) is 4.37 Å². The minimum Gasteiger partial charge on any atom is -0.193 e. The van der Waals surface area contributed by atoms with E-state index in [-0.39, 0.29) is 0 Å². The number of hydrogen-bond acceptors (Lipinski definition) is 2. The van der Waals surface area contributed by atoms with E-state index in [0.717, 1.165) is 5.69 Å². The molecule has 2 heteroatoms. The third kappa shape index (κ3) is 1.45. The standard InChI is InChI=1S/C8H11NS/c1-4-7-5-8(6(2)3)10-9-7/h4-6H,1H2,2-3H3. The molecule has 54 valence electrons. The molecule has 0 spiro atoms. The SMILES string of the molecule is C=Cc1cc(C(C)C)sn1. The third-order valence-corrected chi connectivity index (χ3v) is 2.43. The maximum Gasteiger partial charge on any atom is 0.0765 e. The minimum atomic E-state index is 0.589. The van der Waals surface area contributed by atoms with Gasteiger partial charge in [0.25, 0.3) is 0 Å². The van der Waals surface area contributed by atoms with E-state index in [1.54, 1.807) is 17.6 Å². The van der Waals surface area contributed by atoms with Crippen LogP contribution >= 0.6 is 11.5 Å². The fourth-order valence-electron chi connectivity index (χ4n) is 0.672. The van der Waals surface area contributed by atoms with Gasteiger partial charge in [-0.3, -0.25) is 0 Å². The van der Waals surface area contributed by atoms with Crippen molar-refractivity contribution in [3.8, 4) is 0 Å². The van der Waals surface area contributed by atoms with Gasteiger partial charge in [0.2, 0.25) is 0 Å². The van der Waals surface area contributed by atoms with E-state index in [1.165, 1.54) is 4.88 Å². The van der Waals surface area contributed by atoms with E-state index >= 15 is 0 Å². The topological polar surface area (TPSA) is 12.9 Å². The lowest BCUT2D eigenvalue weighted by Gasteiger charge is -1.94.